The first-order valence-corrected chi connectivity index (χ1v) is 5.43. The smallest absolute Gasteiger partial charge is 0.126 e. The molecule has 0 spiro atoms. The Kier molecular flexibility index (Phi) is 4.09. The maximum Gasteiger partial charge on any atom is 0.126 e. The number of hydrogen-bond donors (Lipinski definition) is 2. The zero-order valence-electron chi connectivity index (χ0n) is 9.75. The summed E-state index contributed by atoms with van der Waals surface area (Å²) in [4.78, 5) is 4.31. The molecule has 1 aromatic rings. The molecule has 0 fully saturated rings. The molecule has 3 heteroatoms. The number of aromatic nitrogens is 1. The van der Waals surface area contributed by atoms with Crippen LogP contribution in [0.25, 0.3) is 0 Å². The van der Waals surface area contributed by atoms with Crippen LogP contribution in [0.4, 0.5) is 5.82 Å². The van der Waals surface area contributed by atoms with Crippen LogP contribution in [0.15, 0.2) is 18.2 Å². The Morgan fingerprint density at radius 2 is 2.20 bits per heavy atom. The third-order valence-electron chi connectivity index (χ3n) is 2.33. The Labute approximate surface area is 91.5 Å². The Morgan fingerprint density at radius 3 is 2.80 bits per heavy atom. The average Bonchev–Trinajstić information content (AvgIpc) is 2.15. The molecule has 0 aliphatic heterocycles. The minimum Gasteiger partial charge on any atom is -0.388 e. The van der Waals surface area contributed by atoms with Gasteiger partial charge >= 0.3 is 0 Å². The summed E-state index contributed by atoms with van der Waals surface area (Å²) in [7, 11) is 0. The predicted octanol–water partition coefficient (Wildman–Crippen LogP) is 2.35. The molecule has 1 heterocycles. The minimum atomic E-state index is -0.653. The molecule has 84 valence electrons. The third kappa shape index (κ3) is 4.30. The van der Waals surface area contributed by atoms with Gasteiger partial charge in [-0.2, -0.15) is 0 Å². The molecule has 0 aliphatic rings. The monoisotopic (exact) mass is 208 g/mol. The van der Waals surface area contributed by atoms with Crippen molar-refractivity contribution in [3.63, 3.8) is 0 Å². The van der Waals surface area contributed by atoms with Crippen molar-refractivity contribution in [1.82, 2.24) is 4.98 Å². The van der Waals surface area contributed by atoms with E-state index in [2.05, 4.69) is 17.2 Å². The number of nitrogens with one attached hydrogen (secondary N) is 1. The first-order valence-electron chi connectivity index (χ1n) is 5.43. The van der Waals surface area contributed by atoms with E-state index < -0.39 is 5.60 Å². The van der Waals surface area contributed by atoms with Crippen LogP contribution in [0.5, 0.6) is 0 Å². The van der Waals surface area contributed by atoms with Crippen molar-refractivity contribution in [2.75, 3.05) is 11.9 Å². The molecule has 0 aromatic carbocycles. The van der Waals surface area contributed by atoms with Crippen LogP contribution in [0.2, 0.25) is 0 Å². The average molecular weight is 208 g/mol. The van der Waals surface area contributed by atoms with Gasteiger partial charge in [0, 0.05) is 12.2 Å². The molecule has 0 radical (unpaired) electrons. The molecule has 0 saturated heterocycles. The molecule has 1 rings (SSSR count). The summed E-state index contributed by atoms with van der Waals surface area (Å²) >= 11 is 0. The largest absolute Gasteiger partial charge is 0.388 e. The number of pyridine rings is 1. The van der Waals surface area contributed by atoms with Gasteiger partial charge in [-0.3, -0.25) is 0 Å². The fourth-order valence-electron chi connectivity index (χ4n) is 1.55. The van der Waals surface area contributed by atoms with Crippen molar-refractivity contribution in [1.29, 1.82) is 0 Å². The SMILES string of the molecule is CCCC(C)(O)CNc1cccc(C)n1. The maximum absolute atomic E-state index is 9.95. The normalized spacial score (nSPS) is 14.7. The summed E-state index contributed by atoms with van der Waals surface area (Å²) in [5, 5.41) is 13.1. The summed E-state index contributed by atoms with van der Waals surface area (Å²) in [6.45, 7) is 6.41. The van der Waals surface area contributed by atoms with E-state index in [4.69, 9.17) is 0 Å². The molecule has 0 amide bonds. The van der Waals surface area contributed by atoms with Gasteiger partial charge in [0.05, 0.1) is 5.60 Å². The lowest BCUT2D eigenvalue weighted by molar-refractivity contribution is 0.0636. The van der Waals surface area contributed by atoms with Gasteiger partial charge in [0.25, 0.3) is 0 Å². The van der Waals surface area contributed by atoms with Crippen molar-refractivity contribution in [3.05, 3.63) is 23.9 Å². The Bertz CT molecular complexity index is 310. The molecule has 3 nitrogen and oxygen atoms in total. The highest BCUT2D eigenvalue weighted by Gasteiger charge is 2.18. The Balaban J connectivity index is 2.49. The summed E-state index contributed by atoms with van der Waals surface area (Å²) in [5.41, 5.74) is 0.329. The Morgan fingerprint density at radius 1 is 1.47 bits per heavy atom. The van der Waals surface area contributed by atoms with E-state index in [1.807, 2.05) is 32.0 Å². The van der Waals surface area contributed by atoms with Crippen molar-refractivity contribution in [2.45, 2.75) is 39.2 Å². The van der Waals surface area contributed by atoms with Gasteiger partial charge in [0.2, 0.25) is 0 Å². The highest BCUT2D eigenvalue weighted by molar-refractivity contribution is 5.35. The number of hydrogen-bond acceptors (Lipinski definition) is 3. The molecule has 1 unspecified atom stereocenters. The number of aliphatic hydroxyl groups is 1. The number of rotatable bonds is 5. The van der Waals surface area contributed by atoms with Gasteiger partial charge in [-0.15, -0.1) is 0 Å². The van der Waals surface area contributed by atoms with E-state index in [1.165, 1.54) is 0 Å². The lowest BCUT2D eigenvalue weighted by Crippen LogP contribution is -2.33. The summed E-state index contributed by atoms with van der Waals surface area (Å²) in [6, 6.07) is 5.82. The third-order valence-corrected chi connectivity index (χ3v) is 2.33. The lowest BCUT2D eigenvalue weighted by Gasteiger charge is -2.23. The molecular weight excluding hydrogens is 188 g/mol. The molecule has 2 N–H and O–H groups in total. The number of aryl methyl sites for hydroxylation is 1. The van der Waals surface area contributed by atoms with Crippen LogP contribution in [-0.2, 0) is 0 Å². The quantitative estimate of drug-likeness (QED) is 0.780. The second-order valence-corrected chi connectivity index (χ2v) is 4.26. The van der Waals surface area contributed by atoms with Gasteiger partial charge < -0.3 is 10.4 Å². The van der Waals surface area contributed by atoms with E-state index >= 15 is 0 Å². The van der Waals surface area contributed by atoms with Gasteiger partial charge in [-0.1, -0.05) is 19.4 Å². The second kappa shape index (κ2) is 5.12. The van der Waals surface area contributed by atoms with Crippen LogP contribution < -0.4 is 5.32 Å². The second-order valence-electron chi connectivity index (χ2n) is 4.26. The van der Waals surface area contributed by atoms with Crippen molar-refractivity contribution in [3.8, 4) is 0 Å². The van der Waals surface area contributed by atoms with Gasteiger partial charge in [0.1, 0.15) is 5.82 Å². The molecule has 1 atom stereocenters. The molecule has 15 heavy (non-hydrogen) atoms. The maximum atomic E-state index is 9.95. The Hall–Kier alpha value is -1.09. The molecule has 0 aliphatic carbocycles. The van der Waals surface area contributed by atoms with E-state index in [0.717, 1.165) is 24.4 Å². The topological polar surface area (TPSA) is 45.1 Å². The first kappa shape index (κ1) is 12.0. The van der Waals surface area contributed by atoms with Gasteiger partial charge in [0.15, 0.2) is 0 Å². The van der Waals surface area contributed by atoms with Crippen LogP contribution in [0.3, 0.4) is 0 Å². The number of anilines is 1. The molecular formula is C12H20N2O. The van der Waals surface area contributed by atoms with E-state index in [0.29, 0.717) is 6.54 Å². The summed E-state index contributed by atoms with van der Waals surface area (Å²) in [5.74, 6) is 0.825. The molecule has 0 saturated carbocycles. The fraction of sp³-hybridized carbons (Fsp3) is 0.583. The van der Waals surface area contributed by atoms with E-state index in [9.17, 15) is 5.11 Å². The molecule has 1 aromatic heterocycles. The lowest BCUT2D eigenvalue weighted by atomic mass is 10.0. The standard InChI is InChI=1S/C12H20N2O/c1-4-8-12(3,15)9-13-11-7-5-6-10(2)14-11/h5-7,15H,4,8-9H2,1-3H3,(H,13,14). The van der Waals surface area contributed by atoms with Crippen LogP contribution in [0, 0.1) is 6.92 Å². The van der Waals surface area contributed by atoms with Crippen LogP contribution >= 0.6 is 0 Å². The van der Waals surface area contributed by atoms with Gasteiger partial charge in [-0.25, -0.2) is 4.98 Å². The zero-order valence-corrected chi connectivity index (χ0v) is 9.75. The van der Waals surface area contributed by atoms with E-state index in [1.54, 1.807) is 0 Å². The highest BCUT2D eigenvalue weighted by atomic mass is 16.3. The molecule has 0 bridgehead atoms. The minimum absolute atomic E-state index is 0.539. The van der Waals surface area contributed by atoms with Gasteiger partial charge in [-0.05, 0) is 32.4 Å². The van der Waals surface area contributed by atoms with E-state index in [-0.39, 0.29) is 0 Å². The van der Waals surface area contributed by atoms with Crippen molar-refractivity contribution in [2.24, 2.45) is 0 Å². The fourth-order valence-corrected chi connectivity index (χ4v) is 1.55. The first-order chi connectivity index (χ1) is 7.03. The zero-order chi connectivity index (χ0) is 11.3. The summed E-state index contributed by atoms with van der Waals surface area (Å²) < 4.78 is 0. The number of nitrogens with zero attached hydrogens (tertiary/aromatic N) is 1. The van der Waals surface area contributed by atoms with Crippen LogP contribution in [-0.4, -0.2) is 22.2 Å². The summed E-state index contributed by atoms with van der Waals surface area (Å²) in [6.07, 6.45) is 1.78. The predicted molar refractivity (Wildman–Crippen MR) is 63.0 cm³/mol. The van der Waals surface area contributed by atoms with Crippen molar-refractivity contribution >= 4 is 5.82 Å². The highest BCUT2D eigenvalue weighted by Crippen LogP contribution is 2.13. The van der Waals surface area contributed by atoms with Crippen molar-refractivity contribution < 1.29 is 5.11 Å². The van der Waals surface area contributed by atoms with Crippen LogP contribution in [0.1, 0.15) is 32.4 Å².